The van der Waals surface area contributed by atoms with Gasteiger partial charge in [-0.3, -0.25) is 0 Å². The Morgan fingerprint density at radius 2 is 2.08 bits per heavy atom. The van der Waals surface area contributed by atoms with Gasteiger partial charge in [-0.2, -0.15) is 0 Å². The van der Waals surface area contributed by atoms with Crippen molar-refractivity contribution in [2.75, 3.05) is 0 Å². The summed E-state index contributed by atoms with van der Waals surface area (Å²) in [4.78, 5) is 0. The second kappa shape index (κ2) is 4.48. The Bertz CT molecular complexity index is 208. The quantitative estimate of drug-likeness (QED) is 0.520. The van der Waals surface area contributed by atoms with Gasteiger partial charge in [0, 0.05) is 6.42 Å². The lowest BCUT2D eigenvalue weighted by Crippen LogP contribution is -2.37. The first-order chi connectivity index (χ1) is 6.23. The van der Waals surface area contributed by atoms with Crippen LogP contribution in [0.1, 0.15) is 38.5 Å². The van der Waals surface area contributed by atoms with Crippen LogP contribution >= 0.6 is 0 Å². The van der Waals surface area contributed by atoms with E-state index in [0.717, 1.165) is 12.8 Å². The molecule has 1 aliphatic rings. The van der Waals surface area contributed by atoms with E-state index in [1.54, 1.807) is 6.08 Å². The second-order valence-electron chi connectivity index (χ2n) is 3.90. The summed E-state index contributed by atoms with van der Waals surface area (Å²) in [6, 6.07) is 0. The number of hydrogen-bond acceptors (Lipinski definition) is 1. The summed E-state index contributed by atoms with van der Waals surface area (Å²) in [5, 5.41) is 10.1. The van der Waals surface area contributed by atoms with Crippen molar-refractivity contribution in [2.24, 2.45) is 5.92 Å². The molecule has 0 aromatic carbocycles. The van der Waals surface area contributed by atoms with Crippen molar-refractivity contribution in [1.29, 1.82) is 0 Å². The van der Waals surface area contributed by atoms with Crippen molar-refractivity contribution in [2.45, 2.75) is 44.1 Å². The molecule has 1 fully saturated rings. The molecule has 0 aromatic rings. The minimum Gasteiger partial charge on any atom is -0.377 e. The van der Waals surface area contributed by atoms with Crippen LogP contribution in [0.15, 0.2) is 12.7 Å². The van der Waals surface area contributed by atoms with Crippen molar-refractivity contribution in [3.05, 3.63) is 12.7 Å². The molecule has 0 heterocycles. The molecule has 72 valence electrons. The number of terminal acetylenes is 1. The van der Waals surface area contributed by atoms with E-state index in [9.17, 15) is 5.11 Å². The van der Waals surface area contributed by atoms with Crippen LogP contribution in [-0.2, 0) is 0 Å². The molecule has 1 aliphatic carbocycles. The Morgan fingerprint density at radius 3 is 2.54 bits per heavy atom. The Labute approximate surface area is 80.9 Å². The summed E-state index contributed by atoms with van der Waals surface area (Å²) in [6.07, 6.45) is 13.4. The third-order valence-electron chi connectivity index (χ3n) is 2.99. The second-order valence-corrected chi connectivity index (χ2v) is 3.90. The van der Waals surface area contributed by atoms with E-state index in [1.165, 1.54) is 19.3 Å². The molecule has 0 aliphatic heterocycles. The van der Waals surface area contributed by atoms with E-state index in [4.69, 9.17) is 6.42 Å². The van der Waals surface area contributed by atoms with Gasteiger partial charge < -0.3 is 5.11 Å². The third-order valence-corrected chi connectivity index (χ3v) is 2.99. The van der Waals surface area contributed by atoms with Crippen LogP contribution < -0.4 is 0 Å². The summed E-state index contributed by atoms with van der Waals surface area (Å²) in [5.41, 5.74) is -0.928. The van der Waals surface area contributed by atoms with Crippen LogP contribution in [0, 0.1) is 18.3 Å². The topological polar surface area (TPSA) is 20.2 Å². The largest absolute Gasteiger partial charge is 0.377 e. The summed E-state index contributed by atoms with van der Waals surface area (Å²) in [6.45, 7) is 3.63. The van der Waals surface area contributed by atoms with Crippen LogP contribution in [0.25, 0.3) is 0 Å². The molecule has 0 aromatic heterocycles. The predicted octanol–water partition coefficient (Wildman–Crippen LogP) is 2.51. The Hall–Kier alpha value is -0.740. The summed E-state index contributed by atoms with van der Waals surface area (Å²) in [5.74, 6) is 2.82. The lowest BCUT2D eigenvalue weighted by molar-refractivity contribution is 0.0226. The van der Waals surface area contributed by atoms with E-state index in [2.05, 4.69) is 12.5 Å². The fourth-order valence-corrected chi connectivity index (χ4v) is 2.14. The van der Waals surface area contributed by atoms with Gasteiger partial charge in [-0.15, -0.1) is 13.0 Å². The molecular weight excluding hydrogens is 160 g/mol. The van der Waals surface area contributed by atoms with Crippen molar-refractivity contribution >= 4 is 0 Å². The Kier molecular flexibility index (Phi) is 3.57. The van der Waals surface area contributed by atoms with Gasteiger partial charge in [0.1, 0.15) is 5.60 Å². The van der Waals surface area contributed by atoms with E-state index >= 15 is 0 Å². The first-order valence-corrected chi connectivity index (χ1v) is 5.04. The van der Waals surface area contributed by atoms with Crippen molar-refractivity contribution in [1.82, 2.24) is 0 Å². The fourth-order valence-electron chi connectivity index (χ4n) is 2.14. The van der Waals surface area contributed by atoms with Gasteiger partial charge in [-0.05, 0) is 18.8 Å². The van der Waals surface area contributed by atoms with Crippen LogP contribution in [0.3, 0.4) is 0 Å². The Morgan fingerprint density at radius 1 is 1.46 bits per heavy atom. The van der Waals surface area contributed by atoms with E-state index in [1.807, 2.05) is 0 Å². The van der Waals surface area contributed by atoms with Gasteiger partial charge >= 0.3 is 0 Å². The standard InChI is InChI=1S/C12H18O/c1-3-10-12(13,4-2)11-8-6-5-7-9-11/h2-3,11,13H,1,5-10H2/t12-/m1/s1. The molecule has 1 heteroatoms. The van der Waals surface area contributed by atoms with E-state index < -0.39 is 5.60 Å². The molecule has 13 heavy (non-hydrogen) atoms. The lowest BCUT2D eigenvalue weighted by atomic mass is 9.76. The van der Waals surface area contributed by atoms with Crippen molar-refractivity contribution in [3.8, 4) is 12.3 Å². The maximum absolute atomic E-state index is 10.1. The highest BCUT2D eigenvalue weighted by molar-refractivity contribution is 5.13. The van der Waals surface area contributed by atoms with Gasteiger partial charge in [0.25, 0.3) is 0 Å². The zero-order chi connectivity index (χ0) is 9.73. The SMILES string of the molecule is C#C[C@@](O)(CC=C)C1CCCCC1. The van der Waals surface area contributed by atoms with Gasteiger partial charge in [-0.1, -0.05) is 31.3 Å². The average Bonchev–Trinajstić information content (AvgIpc) is 2.19. The van der Waals surface area contributed by atoms with Gasteiger partial charge in [0.2, 0.25) is 0 Å². The molecule has 1 saturated carbocycles. The minimum atomic E-state index is -0.928. The van der Waals surface area contributed by atoms with Crippen molar-refractivity contribution < 1.29 is 5.11 Å². The highest BCUT2D eigenvalue weighted by atomic mass is 16.3. The van der Waals surface area contributed by atoms with Gasteiger partial charge in [0.15, 0.2) is 0 Å². The summed E-state index contributed by atoms with van der Waals surface area (Å²) >= 11 is 0. The van der Waals surface area contributed by atoms with Gasteiger partial charge in [0.05, 0.1) is 0 Å². The molecule has 1 N–H and O–H groups in total. The molecule has 1 nitrogen and oxygen atoms in total. The van der Waals surface area contributed by atoms with Crippen LogP contribution in [0.2, 0.25) is 0 Å². The smallest absolute Gasteiger partial charge is 0.131 e. The molecule has 0 saturated heterocycles. The minimum absolute atomic E-state index is 0.282. The molecular formula is C12H18O. The van der Waals surface area contributed by atoms with Gasteiger partial charge in [-0.25, -0.2) is 0 Å². The highest BCUT2D eigenvalue weighted by Crippen LogP contribution is 2.34. The molecule has 0 spiro atoms. The van der Waals surface area contributed by atoms with Crippen LogP contribution in [-0.4, -0.2) is 10.7 Å². The summed E-state index contributed by atoms with van der Waals surface area (Å²) in [7, 11) is 0. The lowest BCUT2D eigenvalue weighted by Gasteiger charge is -2.33. The van der Waals surface area contributed by atoms with Crippen molar-refractivity contribution in [3.63, 3.8) is 0 Å². The molecule has 1 rings (SSSR count). The normalized spacial score (nSPS) is 23.1. The fraction of sp³-hybridized carbons (Fsp3) is 0.667. The number of rotatable bonds is 3. The highest BCUT2D eigenvalue weighted by Gasteiger charge is 2.34. The third kappa shape index (κ3) is 2.35. The molecule has 0 unspecified atom stereocenters. The van der Waals surface area contributed by atoms with Crippen LogP contribution in [0.4, 0.5) is 0 Å². The first kappa shape index (κ1) is 10.3. The maximum Gasteiger partial charge on any atom is 0.131 e. The summed E-state index contributed by atoms with van der Waals surface area (Å²) < 4.78 is 0. The number of aliphatic hydroxyl groups is 1. The maximum atomic E-state index is 10.1. The predicted molar refractivity (Wildman–Crippen MR) is 55.2 cm³/mol. The zero-order valence-electron chi connectivity index (χ0n) is 8.13. The molecule has 0 bridgehead atoms. The average molecular weight is 178 g/mol. The van der Waals surface area contributed by atoms with Crippen LogP contribution in [0.5, 0.6) is 0 Å². The number of hydrogen-bond donors (Lipinski definition) is 1. The van der Waals surface area contributed by atoms with E-state index in [0.29, 0.717) is 6.42 Å². The molecule has 0 amide bonds. The molecule has 1 atom stereocenters. The molecule has 0 radical (unpaired) electrons. The zero-order valence-corrected chi connectivity index (χ0v) is 8.13. The first-order valence-electron chi connectivity index (χ1n) is 5.04. The monoisotopic (exact) mass is 178 g/mol. The Balaban J connectivity index is 2.63. The van der Waals surface area contributed by atoms with E-state index in [-0.39, 0.29) is 5.92 Å².